The lowest BCUT2D eigenvalue weighted by atomic mass is 9.84. The summed E-state index contributed by atoms with van der Waals surface area (Å²) in [7, 11) is -6.22. The summed E-state index contributed by atoms with van der Waals surface area (Å²) in [5, 5.41) is 11.2. The molecule has 1 atom stereocenters. The van der Waals surface area contributed by atoms with E-state index >= 15 is 0 Å². The molecule has 0 bridgehead atoms. The number of hydrogen-bond donors (Lipinski definition) is 0. The molecule has 0 saturated carbocycles. The van der Waals surface area contributed by atoms with E-state index in [0.717, 1.165) is 33.6 Å². The number of sulfonamides is 1. The van der Waals surface area contributed by atoms with Crippen molar-refractivity contribution in [1.29, 1.82) is 0 Å². The molecule has 0 unspecified atom stereocenters. The molecule has 0 radical (unpaired) electrons. The van der Waals surface area contributed by atoms with Gasteiger partial charge in [-0.1, -0.05) is 48.0 Å². The molecule has 3 aromatic carbocycles. The molecule has 0 aliphatic carbocycles. The molecule has 1 aliphatic heterocycles. The molecule has 5 rings (SSSR count). The second kappa shape index (κ2) is 11.1. The normalized spacial score (nSPS) is 16.6. The van der Waals surface area contributed by atoms with E-state index in [4.69, 9.17) is 8.94 Å². The van der Waals surface area contributed by atoms with Gasteiger partial charge in [-0.05, 0) is 76.9 Å². The highest BCUT2D eigenvalue weighted by atomic mass is 79.9. The van der Waals surface area contributed by atoms with Gasteiger partial charge >= 0.3 is 0 Å². The first kappa shape index (κ1) is 30.3. The van der Waals surface area contributed by atoms with Gasteiger partial charge in [-0.3, -0.25) is 10.1 Å². The molecule has 0 fully saturated rings. The van der Waals surface area contributed by atoms with Crippen LogP contribution in [0.5, 0.6) is 5.75 Å². The van der Waals surface area contributed by atoms with Crippen LogP contribution in [0.3, 0.4) is 0 Å². The first-order valence-electron chi connectivity index (χ1n) is 12.6. The molecule has 4 aromatic rings. The zero-order valence-electron chi connectivity index (χ0n) is 23.0. The number of nitrogens with zero attached hydrogens (tertiary/aromatic N) is 3. The van der Waals surface area contributed by atoms with Gasteiger partial charge in [0, 0.05) is 46.3 Å². The second-order valence-electron chi connectivity index (χ2n) is 10.2. The van der Waals surface area contributed by atoms with Crippen LogP contribution in [-0.2, 0) is 15.4 Å². The Kier molecular flexibility index (Phi) is 8.04. The summed E-state index contributed by atoms with van der Waals surface area (Å²) in [6, 6.07) is 21.3. The predicted octanol–water partition coefficient (Wildman–Crippen LogP) is 8.50. The average Bonchev–Trinajstić information content (AvgIpc) is 3.46. The van der Waals surface area contributed by atoms with Crippen LogP contribution in [0.1, 0.15) is 25.2 Å². The minimum atomic E-state index is -4.43. The van der Waals surface area contributed by atoms with E-state index in [0.29, 0.717) is 16.0 Å². The van der Waals surface area contributed by atoms with Crippen molar-refractivity contribution in [2.75, 3.05) is 11.9 Å². The lowest BCUT2D eigenvalue weighted by Crippen LogP contribution is -2.24. The Balaban J connectivity index is 1.83. The third kappa shape index (κ3) is 5.60. The number of aryl methyl sites for hydroxylation is 1. The number of rotatable bonds is 7. The fourth-order valence-electron chi connectivity index (χ4n) is 4.85. The van der Waals surface area contributed by atoms with Crippen LogP contribution in [0.15, 0.2) is 113 Å². The summed E-state index contributed by atoms with van der Waals surface area (Å²) < 4.78 is 46.6. The molecule has 42 heavy (non-hydrogen) atoms. The number of halogens is 2. The van der Waals surface area contributed by atoms with Crippen LogP contribution in [0.2, 0.25) is 0 Å². The minimum absolute atomic E-state index is 0.208. The van der Waals surface area contributed by atoms with Gasteiger partial charge in [-0.2, -0.15) is 8.42 Å². The number of non-ortho nitro benzene ring substituents is 1. The summed E-state index contributed by atoms with van der Waals surface area (Å²) in [6.07, 6.45) is 0. The van der Waals surface area contributed by atoms with Crippen LogP contribution < -0.4 is 14.9 Å². The third-order valence-electron chi connectivity index (χ3n) is 6.99. The van der Waals surface area contributed by atoms with Crippen molar-refractivity contribution >= 4 is 66.0 Å². The highest BCUT2D eigenvalue weighted by Crippen LogP contribution is 2.59. The molecule has 1 aliphatic rings. The number of allylic oxidation sites excluding steroid dienone is 1. The molecule has 1 aromatic heterocycles. The number of likely N-dealkylation sites (N-methyl/N-ethyl adjacent to an activating group) is 1. The number of para-hydroxylation sites is 1. The van der Waals surface area contributed by atoms with Crippen molar-refractivity contribution in [1.82, 2.24) is 0 Å². The minimum Gasteiger partial charge on any atom is -0.456 e. The van der Waals surface area contributed by atoms with Crippen LogP contribution >= 0.6 is 39.1 Å². The van der Waals surface area contributed by atoms with Gasteiger partial charge in [0.2, 0.25) is 7.28 Å². The van der Waals surface area contributed by atoms with Gasteiger partial charge in [-0.15, -0.1) is 4.15 Å². The standard InChI is InChI=1S/C29H26Br2N3O6PS/c1-19-9-16-28(39-19)41(40-26-15-10-20(30)17-24(26)31,32-42(37,38)22-13-11-21(12-14-22)34(35)36)18-27-29(2,3)23-7-5-6-8-25(23)33(27)4/h5-18H,1-4H3/b27-18-/t41-/m1/s1. The second-order valence-corrected chi connectivity index (χ2v) is 16.2. The number of benzene rings is 3. The Morgan fingerprint density at radius 3 is 2.33 bits per heavy atom. The number of anilines is 1. The summed E-state index contributed by atoms with van der Waals surface area (Å²) in [5.41, 5.74) is 2.29. The van der Waals surface area contributed by atoms with E-state index in [1.807, 2.05) is 36.2 Å². The maximum atomic E-state index is 14.0. The Morgan fingerprint density at radius 1 is 1.05 bits per heavy atom. The summed E-state index contributed by atoms with van der Waals surface area (Å²) in [5.74, 6) is 2.69. The number of furan rings is 1. The summed E-state index contributed by atoms with van der Waals surface area (Å²) >= 11 is 6.99. The van der Waals surface area contributed by atoms with Crippen molar-refractivity contribution in [3.8, 4) is 5.75 Å². The van der Waals surface area contributed by atoms with Crippen molar-refractivity contribution in [2.24, 2.45) is 4.15 Å². The topological polar surface area (TPSA) is 115 Å². The van der Waals surface area contributed by atoms with E-state index in [1.54, 1.807) is 43.1 Å². The van der Waals surface area contributed by atoms with Gasteiger partial charge in [0.05, 0.1) is 14.3 Å². The fourth-order valence-corrected chi connectivity index (χ4v) is 11.0. The van der Waals surface area contributed by atoms with Gasteiger partial charge in [-0.25, -0.2) is 0 Å². The Labute approximate surface area is 260 Å². The summed E-state index contributed by atoms with van der Waals surface area (Å²) in [6.45, 7) is 5.88. The van der Waals surface area contributed by atoms with Crippen molar-refractivity contribution < 1.29 is 22.3 Å². The van der Waals surface area contributed by atoms with E-state index in [9.17, 15) is 18.5 Å². The predicted molar refractivity (Wildman–Crippen MR) is 171 cm³/mol. The zero-order chi connectivity index (χ0) is 30.4. The van der Waals surface area contributed by atoms with Crippen molar-refractivity contribution in [2.45, 2.75) is 31.1 Å². The average molecular weight is 735 g/mol. The van der Waals surface area contributed by atoms with Crippen LogP contribution in [0.4, 0.5) is 11.4 Å². The Morgan fingerprint density at radius 2 is 1.74 bits per heavy atom. The Bertz CT molecular complexity index is 1900. The van der Waals surface area contributed by atoms with Crippen LogP contribution in [-0.4, -0.2) is 20.4 Å². The van der Waals surface area contributed by atoms with Crippen LogP contribution in [0.25, 0.3) is 0 Å². The van der Waals surface area contributed by atoms with Crippen molar-refractivity contribution in [3.63, 3.8) is 0 Å². The summed E-state index contributed by atoms with van der Waals surface area (Å²) in [4.78, 5) is 12.4. The SMILES string of the molecule is Cc1ccc([P@](/C=C2\N(C)c3ccccc3C2(C)C)(=NS(=O)(=O)c2ccc([N+](=O)[O-])cc2)Oc2ccc(Br)cc2Br)o1. The van der Waals surface area contributed by atoms with Gasteiger partial charge < -0.3 is 13.8 Å². The zero-order valence-corrected chi connectivity index (χ0v) is 27.9. The molecule has 0 amide bonds. The molecule has 9 nitrogen and oxygen atoms in total. The molecule has 0 spiro atoms. The quantitative estimate of drug-likeness (QED) is 0.106. The lowest BCUT2D eigenvalue weighted by Gasteiger charge is -2.28. The smallest absolute Gasteiger partial charge is 0.284 e. The Hall–Kier alpha value is -3.18. The van der Waals surface area contributed by atoms with Gasteiger partial charge in [0.15, 0.2) is 5.50 Å². The molecule has 13 heteroatoms. The first-order chi connectivity index (χ1) is 19.7. The highest BCUT2D eigenvalue weighted by molar-refractivity contribution is 9.11. The molecule has 218 valence electrons. The highest BCUT2D eigenvalue weighted by Gasteiger charge is 2.42. The van der Waals surface area contributed by atoms with Gasteiger partial charge in [0.1, 0.15) is 11.5 Å². The molecule has 0 saturated heterocycles. The largest absolute Gasteiger partial charge is 0.456 e. The maximum absolute atomic E-state index is 14.0. The number of nitro groups is 1. The van der Waals surface area contributed by atoms with Gasteiger partial charge in [0.25, 0.3) is 15.7 Å². The first-order valence-corrected chi connectivity index (χ1v) is 17.4. The van der Waals surface area contributed by atoms with E-state index < -0.39 is 27.6 Å². The lowest BCUT2D eigenvalue weighted by molar-refractivity contribution is -0.384. The molecule has 0 N–H and O–H groups in total. The van der Waals surface area contributed by atoms with E-state index in [2.05, 4.69) is 49.9 Å². The van der Waals surface area contributed by atoms with Crippen molar-refractivity contribution in [3.05, 3.63) is 121 Å². The maximum Gasteiger partial charge on any atom is 0.284 e. The number of fused-ring (bicyclic) bond motifs is 1. The fraction of sp³-hybridized carbons (Fsp3) is 0.172. The van der Waals surface area contributed by atoms with E-state index in [-0.39, 0.29) is 16.1 Å². The number of nitro benzene ring substituents is 1. The van der Waals surface area contributed by atoms with E-state index in [1.165, 1.54) is 12.1 Å². The number of hydrogen-bond acceptors (Lipinski definition) is 7. The van der Waals surface area contributed by atoms with Crippen LogP contribution in [0, 0.1) is 17.0 Å². The monoisotopic (exact) mass is 733 g/mol. The molecule has 2 heterocycles. The molecular formula is C29H26Br2N3O6PS. The third-order valence-corrected chi connectivity index (χ3v) is 12.7. The molecular weight excluding hydrogens is 709 g/mol.